The number of esters is 1. The van der Waals surface area contributed by atoms with Gasteiger partial charge in [-0.15, -0.1) is 22.7 Å². The second-order valence-corrected chi connectivity index (χ2v) is 10.6. The number of thiophene rings is 1. The Bertz CT molecular complexity index is 1330. The highest BCUT2D eigenvalue weighted by Gasteiger charge is 2.19. The number of amides is 1. The summed E-state index contributed by atoms with van der Waals surface area (Å²) in [6.07, 6.45) is 3.00. The molecule has 0 saturated carbocycles. The van der Waals surface area contributed by atoms with Crippen molar-refractivity contribution < 1.29 is 14.3 Å². The molecule has 0 aliphatic heterocycles. The number of fused-ring (bicyclic) bond motifs is 1. The molecular weight excluding hydrogens is 544 g/mol. The molecule has 1 amide bonds. The molecule has 33 heavy (non-hydrogen) atoms. The molecule has 0 spiro atoms. The number of ether oxygens (including phenoxy) is 1. The fourth-order valence-electron chi connectivity index (χ4n) is 2.93. The molecule has 0 atom stereocenters. The van der Waals surface area contributed by atoms with E-state index in [1.807, 2.05) is 24.3 Å². The Morgan fingerprint density at radius 3 is 2.82 bits per heavy atom. The van der Waals surface area contributed by atoms with E-state index in [0.29, 0.717) is 10.0 Å². The predicted octanol–water partition coefficient (Wildman–Crippen LogP) is 5.96. The predicted molar refractivity (Wildman–Crippen MR) is 137 cm³/mol. The van der Waals surface area contributed by atoms with Crippen molar-refractivity contribution >= 4 is 77.6 Å². The fourth-order valence-corrected chi connectivity index (χ4v) is 5.81. The number of carbonyl (C=O) groups is 2. The van der Waals surface area contributed by atoms with Crippen LogP contribution in [0.5, 0.6) is 0 Å². The van der Waals surface area contributed by atoms with Gasteiger partial charge in [0.05, 0.1) is 11.1 Å². The van der Waals surface area contributed by atoms with E-state index in [4.69, 9.17) is 4.74 Å². The van der Waals surface area contributed by atoms with Crippen LogP contribution in [0.1, 0.15) is 15.4 Å². The van der Waals surface area contributed by atoms with Crippen LogP contribution in [0.4, 0.5) is 5.13 Å². The number of halogens is 1. The zero-order chi connectivity index (χ0) is 23.4. The minimum absolute atomic E-state index is 0.104. The lowest BCUT2D eigenvalue weighted by atomic mass is 10.1. The second-order valence-electron chi connectivity index (χ2n) is 6.66. The minimum Gasteiger partial charge on any atom is -0.457 e. The maximum atomic E-state index is 12.6. The van der Waals surface area contributed by atoms with Crippen LogP contribution in [0.25, 0.3) is 21.3 Å². The Balaban J connectivity index is 1.47. The van der Waals surface area contributed by atoms with Crippen LogP contribution in [0.15, 0.2) is 58.1 Å². The van der Waals surface area contributed by atoms with Crippen LogP contribution in [0.2, 0.25) is 0 Å². The maximum absolute atomic E-state index is 12.6. The molecule has 1 N–H and O–H groups in total. The number of carbonyl (C=O) groups excluding carboxylic acids is 2. The van der Waals surface area contributed by atoms with Gasteiger partial charge in [-0.3, -0.25) is 4.79 Å². The van der Waals surface area contributed by atoms with Gasteiger partial charge >= 0.3 is 5.97 Å². The summed E-state index contributed by atoms with van der Waals surface area (Å²) in [6.45, 7) is 5.37. The Kier molecular flexibility index (Phi) is 7.53. The van der Waals surface area contributed by atoms with Crippen molar-refractivity contribution in [2.45, 2.75) is 11.9 Å². The van der Waals surface area contributed by atoms with E-state index in [-0.39, 0.29) is 24.0 Å². The van der Waals surface area contributed by atoms with Crippen LogP contribution in [-0.4, -0.2) is 39.2 Å². The molecule has 1 aromatic carbocycles. The van der Waals surface area contributed by atoms with Crippen LogP contribution < -0.4 is 5.32 Å². The molecule has 0 fully saturated rings. The van der Waals surface area contributed by atoms with E-state index in [2.05, 4.69) is 48.2 Å². The van der Waals surface area contributed by atoms with Crippen LogP contribution in [-0.2, 0) is 9.53 Å². The number of aromatic nitrogens is 3. The number of hydrogen-bond donors (Lipinski definition) is 1. The molecule has 0 unspecified atom stereocenters. The summed E-state index contributed by atoms with van der Waals surface area (Å²) < 4.78 is 6.03. The molecule has 0 saturated heterocycles. The van der Waals surface area contributed by atoms with Gasteiger partial charge in [0.2, 0.25) is 5.91 Å². The molecule has 3 aromatic heterocycles. The number of hydrogen-bond acceptors (Lipinski definition) is 9. The van der Waals surface area contributed by atoms with Crippen molar-refractivity contribution in [1.29, 1.82) is 0 Å². The summed E-state index contributed by atoms with van der Waals surface area (Å²) in [5.41, 5.74) is 2.28. The number of benzene rings is 1. The van der Waals surface area contributed by atoms with Crippen molar-refractivity contribution in [3.05, 3.63) is 63.7 Å². The molecule has 0 radical (unpaired) electrons. The average Bonchev–Trinajstić information content (AvgIpc) is 3.40. The summed E-state index contributed by atoms with van der Waals surface area (Å²) in [6, 6.07) is 8.03. The first kappa shape index (κ1) is 23.6. The van der Waals surface area contributed by atoms with E-state index in [1.165, 1.54) is 35.5 Å². The molecule has 7 nitrogen and oxygen atoms in total. The third kappa shape index (κ3) is 5.49. The van der Waals surface area contributed by atoms with Crippen molar-refractivity contribution in [2.75, 3.05) is 17.7 Å². The Hall–Kier alpha value is -2.60. The molecule has 0 aliphatic carbocycles. The zero-order valence-electron chi connectivity index (χ0n) is 17.3. The van der Waals surface area contributed by atoms with Crippen LogP contribution in [0.3, 0.4) is 0 Å². The summed E-state index contributed by atoms with van der Waals surface area (Å²) in [4.78, 5) is 39.1. The molecule has 3 heterocycles. The van der Waals surface area contributed by atoms with E-state index in [0.717, 1.165) is 30.8 Å². The zero-order valence-corrected chi connectivity index (χ0v) is 21.4. The highest BCUT2D eigenvalue weighted by molar-refractivity contribution is 9.10. The number of thioether (sulfide) groups is 1. The highest BCUT2D eigenvalue weighted by atomic mass is 79.9. The van der Waals surface area contributed by atoms with Crippen molar-refractivity contribution in [3.63, 3.8) is 0 Å². The monoisotopic (exact) mass is 560 g/mol. The third-order valence-electron chi connectivity index (χ3n) is 4.40. The highest BCUT2D eigenvalue weighted by Crippen LogP contribution is 2.38. The first-order valence-electron chi connectivity index (χ1n) is 9.62. The number of rotatable bonds is 8. The minimum atomic E-state index is -0.542. The molecule has 11 heteroatoms. The maximum Gasteiger partial charge on any atom is 0.358 e. The Labute approximate surface area is 210 Å². The largest absolute Gasteiger partial charge is 0.457 e. The summed E-state index contributed by atoms with van der Waals surface area (Å²) in [7, 11) is 0. The van der Waals surface area contributed by atoms with Crippen molar-refractivity contribution in [1.82, 2.24) is 15.0 Å². The van der Waals surface area contributed by atoms with Gasteiger partial charge in [-0.25, -0.2) is 19.7 Å². The molecule has 0 bridgehead atoms. The van der Waals surface area contributed by atoms with Gasteiger partial charge < -0.3 is 10.1 Å². The van der Waals surface area contributed by atoms with Gasteiger partial charge in [0.25, 0.3) is 0 Å². The summed E-state index contributed by atoms with van der Waals surface area (Å²) in [5, 5.41) is 6.82. The van der Waals surface area contributed by atoms with E-state index in [1.54, 1.807) is 18.3 Å². The standard InChI is InChI=1S/C22H17BrN4O3S3/c1-3-8-30-21(29)18-12(2)33-22(27-18)26-16(28)10-32-20-17-15(9-31-19(17)24-11-25-20)13-4-6-14(23)7-5-13/h3-7,9,11H,1,8,10H2,2H3,(H,26,27,28). The molecule has 4 rings (SSSR count). The van der Waals surface area contributed by atoms with Gasteiger partial charge in [-0.05, 0) is 24.6 Å². The molecular formula is C22H17BrN4O3S3. The smallest absolute Gasteiger partial charge is 0.358 e. The van der Waals surface area contributed by atoms with Gasteiger partial charge in [0.1, 0.15) is 22.8 Å². The topological polar surface area (TPSA) is 94.1 Å². The Morgan fingerprint density at radius 2 is 2.06 bits per heavy atom. The average molecular weight is 562 g/mol. The fraction of sp³-hybridized carbons (Fsp3) is 0.136. The quantitative estimate of drug-likeness (QED) is 0.123. The first-order valence-corrected chi connectivity index (χ1v) is 13.1. The summed E-state index contributed by atoms with van der Waals surface area (Å²) in [5.74, 6) is -0.650. The van der Waals surface area contributed by atoms with Crippen LogP contribution >= 0.6 is 50.4 Å². The number of nitrogens with one attached hydrogen (secondary N) is 1. The third-order valence-corrected chi connectivity index (χ3v) is 7.69. The SMILES string of the molecule is C=CCOC(=O)c1nc(NC(=O)CSc2ncnc3scc(-c4ccc(Br)cc4)c23)sc1C. The van der Waals surface area contributed by atoms with Crippen molar-refractivity contribution in [3.8, 4) is 11.1 Å². The molecule has 0 aliphatic rings. The van der Waals surface area contributed by atoms with Gasteiger partial charge in [0, 0.05) is 20.3 Å². The number of thiazole rings is 1. The van der Waals surface area contributed by atoms with Gasteiger partial charge in [-0.2, -0.15) is 0 Å². The van der Waals surface area contributed by atoms with Crippen LogP contribution in [0, 0.1) is 6.92 Å². The second kappa shape index (κ2) is 10.6. The van der Waals surface area contributed by atoms with Crippen molar-refractivity contribution in [2.24, 2.45) is 0 Å². The lowest BCUT2D eigenvalue weighted by molar-refractivity contribution is -0.113. The molecule has 168 valence electrons. The van der Waals surface area contributed by atoms with E-state index < -0.39 is 5.97 Å². The lowest BCUT2D eigenvalue weighted by Gasteiger charge is -2.06. The summed E-state index contributed by atoms with van der Waals surface area (Å²) >= 11 is 7.56. The first-order chi connectivity index (χ1) is 16.0. The van der Waals surface area contributed by atoms with Gasteiger partial charge in [0.15, 0.2) is 10.8 Å². The number of nitrogens with zero attached hydrogens (tertiary/aromatic N) is 3. The lowest BCUT2D eigenvalue weighted by Crippen LogP contribution is -2.14. The normalized spacial score (nSPS) is 10.8. The Morgan fingerprint density at radius 1 is 1.27 bits per heavy atom. The number of anilines is 1. The van der Waals surface area contributed by atoms with Gasteiger partial charge in [-0.1, -0.05) is 52.5 Å². The van der Waals surface area contributed by atoms with E-state index in [9.17, 15) is 9.59 Å². The van der Waals surface area contributed by atoms with E-state index >= 15 is 0 Å². The number of aryl methyl sites for hydroxylation is 1. The molecule has 4 aromatic rings.